The molecular formula is C6H4BrNO. The third-order valence-electron chi connectivity index (χ3n) is 0.907. The SMILES string of the molecule is O=C(Br)c1ccncc1. The fourth-order valence-electron chi connectivity index (χ4n) is 0.483. The first kappa shape index (κ1) is 6.42. The van der Waals surface area contributed by atoms with Gasteiger partial charge >= 0.3 is 0 Å². The molecule has 0 amide bonds. The maximum absolute atomic E-state index is 10.5. The van der Waals surface area contributed by atoms with Gasteiger partial charge in [0.05, 0.1) is 0 Å². The number of pyridine rings is 1. The Balaban J connectivity index is 2.98. The quantitative estimate of drug-likeness (QED) is 0.623. The molecule has 0 N–H and O–H groups in total. The predicted octanol–water partition coefficient (Wildman–Crippen LogP) is 1.62. The highest BCUT2D eigenvalue weighted by Gasteiger charge is 1.95. The van der Waals surface area contributed by atoms with Crippen LogP contribution in [0.1, 0.15) is 10.4 Å². The first-order valence-corrected chi connectivity index (χ1v) is 3.20. The molecule has 3 heteroatoms. The van der Waals surface area contributed by atoms with E-state index in [4.69, 9.17) is 0 Å². The van der Waals surface area contributed by atoms with Crippen LogP contribution in [0, 0.1) is 0 Å². The zero-order valence-electron chi connectivity index (χ0n) is 4.54. The Morgan fingerprint density at radius 1 is 1.44 bits per heavy atom. The van der Waals surface area contributed by atoms with Crippen molar-refractivity contribution in [3.8, 4) is 0 Å². The molecular weight excluding hydrogens is 182 g/mol. The summed E-state index contributed by atoms with van der Waals surface area (Å²) in [7, 11) is 0. The summed E-state index contributed by atoms with van der Waals surface area (Å²) in [6.07, 6.45) is 3.16. The first-order valence-electron chi connectivity index (χ1n) is 2.40. The maximum Gasteiger partial charge on any atom is 0.228 e. The molecule has 0 aromatic carbocycles. The first-order chi connectivity index (χ1) is 4.30. The lowest BCUT2D eigenvalue weighted by atomic mass is 10.3. The molecule has 0 saturated heterocycles. The summed E-state index contributed by atoms with van der Waals surface area (Å²) in [5.41, 5.74) is 0.630. The van der Waals surface area contributed by atoms with E-state index in [2.05, 4.69) is 20.9 Å². The van der Waals surface area contributed by atoms with E-state index in [-0.39, 0.29) is 4.69 Å². The molecule has 0 aliphatic rings. The van der Waals surface area contributed by atoms with Crippen molar-refractivity contribution in [1.29, 1.82) is 0 Å². The minimum absolute atomic E-state index is 0.107. The third-order valence-corrected chi connectivity index (χ3v) is 1.37. The fraction of sp³-hybridized carbons (Fsp3) is 0. The average molecular weight is 186 g/mol. The number of halogens is 1. The Kier molecular flexibility index (Phi) is 1.95. The molecule has 0 aliphatic carbocycles. The molecule has 1 heterocycles. The van der Waals surface area contributed by atoms with Gasteiger partial charge in [0.2, 0.25) is 4.69 Å². The van der Waals surface area contributed by atoms with Gasteiger partial charge in [0.15, 0.2) is 0 Å². The van der Waals surface area contributed by atoms with Crippen molar-refractivity contribution in [3.05, 3.63) is 30.1 Å². The average Bonchev–Trinajstić information content (AvgIpc) is 1.90. The summed E-state index contributed by atoms with van der Waals surface area (Å²) in [6.45, 7) is 0. The number of hydrogen-bond acceptors (Lipinski definition) is 2. The molecule has 0 aliphatic heterocycles. The molecule has 0 spiro atoms. The van der Waals surface area contributed by atoms with Crippen LogP contribution in [0.15, 0.2) is 24.5 Å². The van der Waals surface area contributed by atoms with Gasteiger partial charge in [0.1, 0.15) is 0 Å². The lowest BCUT2D eigenvalue weighted by Gasteiger charge is -1.87. The predicted molar refractivity (Wildman–Crippen MR) is 37.5 cm³/mol. The van der Waals surface area contributed by atoms with Gasteiger partial charge in [0.25, 0.3) is 0 Å². The molecule has 1 rings (SSSR count). The minimum Gasteiger partial charge on any atom is -0.281 e. The second kappa shape index (κ2) is 2.73. The van der Waals surface area contributed by atoms with Crippen molar-refractivity contribution >= 4 is 20.6 Å². The van der Waals surface area contributed by atoms with Crippen molar-refractivity contribution in [2.24, 2.45) is 0 Å². The molecule has 0 unspecified atom stereocenters. The Morgan fingerprint density at radius 3 is 2.33 bits per heavy atom. The summed E-state index contributed by atoms with van der Waals surface area (Å²) in [5.74, 6) is 0. The van der Waals surface area contributed by atoms with E-state index in [9.17, 15) is 4.79 Å². The summed E-state index contributed by atoms with van der Waals surface area (Å²) in [5, 5.41) is 0. The van der Waals surface area contributed by atoms with Gasteiger partial charge in [-0.05, 0) is 28.1 Å². The van der Waals surface area contributed by atoms with E-state index in [1.807, 2.05) is 0 Å². The van der Waals surface area contributed by atoms with Crippen LogP contribution in [0.25, 0.3) is 0 Å². The van der Waals surface area contributed by atoms with Gasteiger partial charge in [-0.3, -0.25) is 9.78 Å². The van der Waals surface area contributed by atoms with Crippen LogP contribution in [0.2, 0.25) is 0 Å². The molecule has 0 atom stereocenters. The van der Waals surface area contributed by atoms with Gasteiger partial charge < -0.3 is 0 Å². The van der Waals surface area contributed by atoms with Crippen LogP contribution in [0.5, 0.6) is 0 Å². The Bertz CT molecular complexity index is 210. The molecule has 0 radical (unpaired) electrons. The summed E-state index contributed by atoms with van der Waals surface area (Å²) in [6, 6.07) is 3.30. The van der Waals surface area contributed by atoms with Gasteiger partial charge in [-0.1, -0.05) is 0 Å². The topological polar surface area (TPSA) is 30.0 Å². The zero-order valence-corrected chi connectivity index (χ0v) is 6.13. The van der Waals surface area contributed by atoms with Crippen LogP contribution in [0.4, 0.5) is 0 Å². The Labute approximate surface area is 61.0 Å². The largest absolute Gasteiger partial charge is 0.281 e. The van der Waals surface area contributed by atoms with Crippen molar-refractivity contribution in [2.75, 3.05) is 0 Å². The fourth-order valence-corrected chi connectivity index (χ4v) is 0.747. The highest BCUT2D eigenvalue weighted by Crippen LogP contribution is 2.01. The molecule has 1 aromatic heterocycles. The summed E-state index contributed by atoms with van der Waals surface area (Å²) >= 11 is 2.82. The molecule has 0 bridgehead atoms. The smallest absolute Gasteiger partial charge is 0.228 e. The van der Waals surface area contributed by atoms with Gasteiger partial charge in [-0.2, -0.15) is 0 Å². The van der Waals surface area contributed by atoms with Gasteiger partial charge in [-0.25, -0.2) is 0 Å². The third kappa shape index (κ3) is 1.61. The molecule has 1 aromatic rings. The van der Waals surface area contributed by atoms with E-state index < -0.39 is 0 Å². The van der Waals surface area contributed by atoms with Crippen LogP contribution in [-0.2, 0) is 0 Å². The van der Waals surface area contributed by atoms with Crippen LogP contribution in [0.3, 0.4) is 0 Å². The molecule has 9 heavy (non-hydrogen) atoms. The second-order valence-corrected chi connectivity index (χ2v) is 2.23. The summed E-state index contributed by atoms with van der Waals surface area (Å²) < 4.78 is -0.107. The van der Waals surface area contributed by atoms with Crippen molar-refractivity contribution in [3.63, 3.8) is 0 Å². The number of aromatic nitrogens is 1. The van der Waals surface area contributed by atoms with Crippen LogP contribution >= 0.6 is 15.9 Å². The van der Waals surface area contributed by atoms with E-state index in [1.165, 1.54) is 0 Å². The monoisotopic (exact) mass is 185 g/mol. The van der Waals surface area contributed by atoms with Crippen LogP contribution in [-0.4, -0.2) is 9.68 Å². The number of hydrogen-bond donors (Lipinski definition) is 0. The van der Waals surface area contributed by atoms with Crippen molar-refractivity contribution < 1.29 is 4.79 Å². The van der Waals surface area contributed by atoms with Gasteiger partial charge in [-0.15, -0.1) is 0 Å². The highest BCUT2D eigenvalue weighted by molar-refractivity contribution is 9.18. The van der Waals surface area contributed by atoms with E-state index in [0.29, 0.717) is 5.56 Å². The minimum atomic E-state index is -0.107. The number of carbonyl (C=O) groups excluding carboxylic acids is 1. The number of nitrogens with zero attached hydrogens (tertiary/aromatic N) is 1. The number of rotatable bonds is 1. The van der Waals surface area contributed by atoms with E-state index >= 15 is 0 Å². The van der Waals surface area contributed by atoms with Crippen molar-refractivity contribution in [2.45, 2.75) is 0 Å². The molecule has 46 valence electrons. The lowest BCUT2D eigenvalue weighted by molar-refractivity contribution is 0.109. The standard InChI is InChI=1S/C6H4BrNO/c7-6(9)5-1-3-8-4-2-5/h1-4H. The Hall–Kier alpha value is -0.700. The normalized spacial score (nSPS) is 9.00. The number of carbonyl (C=O) groups is 1. The molecule has 0 saturated carbocycles. The van der Waals surface area contributed by atoms with Gasteiger partial charge in [0, 0.05) is 18.0 Å². The second-order valence-electron chi connectivity index (χ2n) is 1.51. The molecule has 0 fully saturated rings. The van der Waals surface area contributed by atoms with E-state index in [1.54, 1.807) is 24.5 Å². The molecule has 2 nitrogen and oxygen atoms in total. The summed E-state index contributed by atoms with van der Waals surface area (Å²) in [4.78, 5) is 14.3. The highest BCUT2D eigenvalue weighted by atomic mass is 79.9. The zero-order chi connectivity index (χ0) is 6.69. The van der Waals surface area contributed by atoms with Crippen LogP contribution < -0.4 is 0 Å². The van der Waals surface area contributed by atoms with Crippen molar-refractivity contribution in [1.82, 2.24) is 4.98 Å². The lowest BCUT2D eigenvalue weighted by Crippen LogP contribution is -1.85. The van der Waals surface area contributed by atoms with E-state index in [0.717, 1.165) is 0 Å². The Morgan fingerprint density at radius 2 is 2.00 bits per heavy atom. The maximum atomic E-state index is 10.5.